The third kappa shape index (κ3) is 5.28. The summed E-state index contributed by atoms with van der Waals surface area (Å²) in [6, 6.07) is 11.9. The standard InChI is InChI=1S/C24H26FN3O5S/c1-16-11-28(12-17(2)33-16)24(30)14-27-13-22(20-5-3-4-6-21(20)27)34(31,32)15-23(29)26-19-9-7-18(25)8-10-19/h3-10,13,16-17H,11-12,14-15H2,1-2H3,(H,26,29). The van der Waals surface area contributed by atoms with Gasteiger partial charge in [-0.1, -0.05) is 18.2 Å². The molecule has 34 heavy (non-hydrogen) atoms. The molecule has 2 aromatic carbocycles. The lowest BCUT2D eigenvalue weighted by Gasteiger charge is -2.35. The Morgan fingerprint density at radius 3 is 2.38 bits per heavy atom. The summed E-state index contributed by atoms with van der Waals surface area (Å²) in [6.07, 6.45) is 1.26. The van der Waals surface area contributed by atoms with E-state index in [4.69, 9.17) is 4.74 Å². The highest BCUT2D eigenvalue weighted by Gasteiger charge is 2.28. The van der Waals surface area contributed by atoms with E-state index in [1.807, 2.05) is 13.8 Å². The van der Waals surface area contributed by atoms with Crippen LogP contribution in [-0.4, -0.2) is 60.7 Å². The van der Waals surface area contributed by atoms with Crippen LogP contribution < -0.4 is 5.32 Å². The first kappa shape index (κ1) is 23.9. The number of anilines is 1. The molecule has 2 heterocycles. The molecule has 4 rings (SSSR count). The minimum atomic E-state index is -4.02. The number of nitrogens with one attached hydrogen (secondary N) is 1. The monoisotopic (exact) mass is 487 g/mol. The molecule has 1 aromatic heterocycles. The molecule has 10 heteroatoms. The van der Waals surface area contributed by atoms with Crippen molar-refractivity contribution in [2.45, 2.75) is 37.5 Å². The Labute approximate surface area is 197 Å². The molecule has 1 aliphatic rings. The van der Waals surface area contributed by atoms with Crippen molar-refractivity contribution in [3.05, 3.63) is 60.5 Å². The van der Waals surface area contributed by atoms with Gasteiger partial charge >= 0.3 is 0 Å². The molecule has 1 aliphatic heterocycles. The number of para-hydroxylation sites is 1. The fraction of sp³-hybridized carbons (Fsp3) is 0.333. The van der Waals surface area contributed by atoms with E-state index in [0.29, 0.717) is 29.7 Å². The van der Waals surface area contributed by atoms with Gasteiger partial charge in [-0.3, -0.25) is 9.59 Å². The Bertz CT molecular complexity index is 1310. The first-order valence-electron chi connectivity index (χ1n) is 10.9. The molecule has 1 N–H and O–H groups in total. The largest absolute Gasteiger partial charge is 0.372 e. The molecule has 2 amide bonds. The SMILES string of the molecule is CC1CN(C(=O)Cn2cc(S(=O)(=O)CC(=O)Nc3ccc(F)cc3)c3ccccc32)CC(C)O1. The number of benzene rings is 2. The highest BCUT2D eigenvalue weighted by molar-refractivity contribution is 7.92. The second-order valence-corrected chi connectivity index (χ2v) is 10.5. The van der Waals surface area contributed by atoms with E-state index in [1.54, 1.807) is 33.7 Å². The summed E-state index contributed by atoms with van der Waals surface area (Å²) in [4.78, 5) is 27.1. The molecule has 0 bridgehead atoms. The van der Waals surface area contributed by atoms with Crippen molar-refractivity contribution in [2.75, 3.05) is 24.2 Å². The Morgan fingerprint density at radius 1 is 1.06 bits per heavy atom. The highest BCUT2D eigenvalue weighted by atomic mass is 32.2. The summed E-state index contributed by atoms with van der Waals surface area (Å²) in [5.74, 6) is -2.13. The van der Waals surface area contributed by atoms with E-state index in [0.717, 1.165) is 0 Å². The van der Waals surface area contributed by atoms with E-state index >= 15 is 0 Å². The summed E-state index contributed by atoms with van der Waals surface area (Å²) in [5.41, 5.74) is 0.881. The predicted molar refractivity (Wildman–Crippen MR) is 126 cm³/mol. The van der Waals surface area contributed by atoms with Gasteiger partial charge in [0.05, 0.1) is 17.1 Å². The van der Waals surface area contributed by atoms with Crippen LogP contribution in [0.15, 0.2) is 59.6 Å². The van der Waals surface area contributed by atoms with Crippen LogP contribution in [0.3, 0.4) is 0 Å². The first-order valence-corrected chi connectivity index (χ1v) is 12.6. The van der Waals surface area contributed by atoms with E-state index < -0.39 is 27.3 Å². The molecule has 0 spiro atoms. The summed E-state index contributed by atoms with van der Waals surface area (Å²) in [7, 11) is -4.02. The van der Waals surface area contributed by atoms with Gasteiger partial charge in [0, 0.05) is 35.9 Å². The van der Waals surface area contributed by atoms with E-state index in [9.17, 15) is 22.4 Å². The topological polar surface area (TPSA) is 97.7 Å². The van der Waals surface area contributed by atoms with Gasteiger partial charge in [0.15, 0.2) is 9.84 Å². The number of carbonyl (C=O) groups is 2. The Morgan fingerprint density at radius 2 is 1.71 bits per heavy atom. The minimum absolute atomic E-state index is 0.0196. The van der Waals surface area contributed by atoms with Crippen molar-refractivity contribution in [3.8, 4) is 0 Å². The number of sulfone groups is 1. The number of hydrogen-bond acceptors (Lipinski definition) is 5. The van der Waals surface area contributed by atoms with E-state index in [2.05, 4.69) is 5.32 Å². The van der Waals surface area contributed by atoms with Crippen molar-refractivity contribution in [1.82, 2.24) is 9.47 Å². The smallest absolute Gasteiger partial charge is 0.242 e. The zero-order chi connectivity index (χ0) is 24.5. The van der Waals surface area contributed by atoms with Gasteiger partial charge in [-0.25, -0.2) is 12.8 Å². The van der Waals surface area contributed by atoms with Gasteiger partial charge in [-0.05, 0) is 44.2 Å². The van der Waals surface area contributed by atoms with Crippen molar-refractivity contribution >= 4 is 38.2 Å². The van der Waals surface area contributed by atoms with Gasteiger partial charge in [-0.15, -0.1) is 0 Å². The highest BCUT2D eigenvalue weighted by Crippen LogP contribution is 2.27. The average Bonchev–Trinajstić information content (AvgIpc) is 3.14. The summed E-state index contributed by atoms with van der Waals surface area (Å²) in [6.45, 7) is 4.72. The maximum Gasteiger partial charge on any atom is 0.242 e. The first-order chi connectivity index (χ1) is 16.1. The molecule has 0 saturated carbocycles. The van der Waals surface area contributed by atoms with E-state index in [-0.39, 0.29) is 29.6 Å². The molecule has 2 atom stereocenters. The third-order valence-electron chi connectivity index (χ3n) is 5.61. The number of aromatic nitrogens is 1. The Kier molecular flexibility index (Phi) is 6.72. The molecule has 1 fully saturated rings. The van der Waals surface area contributed by atoms with E-state index in [1.165, 1.54) is 30.5 Å². The normalized spacial score (nSPS) is 18.7. The van der Waals surface area contributed by atoms with Crippen LogP contribution in [0.4, 0.5) is 10.1 Å². The van der Waals surface area contributed by atoms with Crippen LogP contribution in [0, 0.1) is 5.82 Å². The number of carbonyl (C=O) groups excluding carboxylic acids is 2. The second-order valence-electron chi connectivity index (χ2n) is 8.51. The minimum Gasteiger partial charge on any atom is -0.372 e. The van der Waals surface area contributed by atoms with Gasteiger partial charge < -0.3 is 19.5 Å². The fourth-order valence-electron chi connectivity index (χ4n) is 4.20. The quantitative estimate of drug-likeness (QED) is 0.577. The molecule has 0 radical (unpaired) electrons. The summed E-state index contributed by atoms with van der Waals surface area (Å²) >= 11 is 0. The lowest BCUT2D eigenvalue weighted by molar-refractivity contribution is -0.143. The number of ether oxygens (including phenoxy) is 1. The van der Waals surface area contributed by atoms with Crippen LogP contribution in [0.1, 0.15) is 13.8 Å². The average molecular weight is 488 g/mol. The lowest BCUT2D eigenvalue weighted by atomic mass is 10.2. The van der Waals surface area contributed by atoms with Crippen molar-refractivity contribution in [3.63, 3.8) is 0 Å². The van der Waals surface area contributed by atoms with Crippen LogP contribution in [0.25, 0.3) is 10.9 Å². The zero-order valence-electron chi connectivity index (χ0n) is 18.9. The fourth-order valence-corrected chi connectivity index (χ4v) is 5.57. The number of amides is 2. The summed E-state index contributed by atoms with van der Waals surface area (Å²) < 4.78 is 46.6. The Balaban J connectivity index is 1.56. The third-order valence-corrected chi connectivity index (χ3v) is 7.25. The number of halogens is 1. The molecular formula is C24H26FN3O5S. The number of rotatable bonds is 6. The Hall–Kier alpha value is -3.24. The van der Waals surface area contributed by atoms with Crippen molar-refractivity contribution < 1.29 is 27.1 Å². The van der Waals surface area contributed by atoms with Crippen LogP contribution in [0.5, 0.6) is 0 Å². The van der Waals surface area contributed by atoms with Crippen LogP contribution in [0.2, 0.25) is 0 Å². The number of nitrogens with zero attached hydrogens (tertiary/aromatic N) is 2. The van der Waals surface area contributed by atoms with Gasteiger partial charge in [0.2, 0.25) is 11.8 Å². The molecule has 0 aliphatic carbocycles. The van der Waals surface area contributed by atoms with Crippen molar-refractivity contribution in [2.24, 2.45) is 0 Å². The lowest BCUT2D eigenvalue weighted by Crippen LogP contribution is -2.49. The zero-order valence-corrected chi connectivity index (χ0v) is 19.7. The number of morpholine rings is 1. The molecule has 8 nitrogen and oxygen atoms in total. The van der Waals surface area contributed by atoms with Gasteiger partial charge in [0.25, 0.3) is 0 Å². The maximum absolute atomic E-state index is 13.1. The predicted octanol–water partition coefficient (Wildman–Crippen LogP) is 2.83. The maximum atomic E-state index is 13.1. The molecular weight excluding hydrogens is 461 g/mol. The number of fused-ring (bicyclic) bond motifs is 1. The molecule has 1 saturated heterocycles. The van der Waals surface area contributed by atoms with Crippen LogP contribution in [-0.2, 0) is 30.7 Å². The van der Waals surface area contributed by atoms with Crippen LogP contribution >= 0.6 is 0 Å². The summed E-state index contributed by atoms with van der Waals surface area (Å²) in [5, 5.41) is 2.91. The second kappa shape index (κ2) is 9.55. The number of hydrogen-bond donors (Lipinski definition) is 1. The van der Waals surface area contributed by atoms with Gasteiger partial charge in [0.1, 0.15) is 18.1 Å². The molecule has 180 valence electrons. The molecule has 3 aromatic rings. The molecule has 2 unspecified atom stereocenters. The van der Waals surface area contributed by atoms with Crippen molar-refractivity contribution in [1.29, 1.82) is 0 Å². The van der Waals surface area contributed by atoms with Gasteiger partial charge in [-0.2, -0.15) is 0 Å².